The highest BCUT2D eigenvalue weighted by molar-refractivity contribution is 5.95. The van der Waals surface area contributed by atoms with Crippen molar-refractivity contribution in [3.63, 3.8) is 0 Å². The van der Waals surface area contributed by atoms with E-state index < -0.39 is 5.79 Å². The second-order valence-corrected chi connectivity index (χ2v) is 7.22. The fraction of sp³-hybridized carbons (Fsp3) is 0.429. The van der Waals surface area contributed by atoms with Gasteiger partial charge in [0.25, 0.3) is 5.91 Å². The lowest BCUT2D eigenvalue weighted by atomic mass is 9.92. The molecule has 1 aliphatic heterocycles. The summed E-state index contributed by atoms with van der Waals surface area (Å²) in [4.78, 5) is 12.4. The third kappa shape index (κ3) is 3.68. The van der Waals surface area contributed by atoms with E-state index in [1.165, 1.54) is 11.4 Å². The number of nitrogens with one attached hydrogen (secondary N) is 1. The Morgan fingerprint density at radius 3 is 2.19 bits per heavy atom. The summed E-state index contributed by atoms with van der Waals surface area (Å²) in [6.45, 7) is 5.47. The zero-order valence-electron chi connectivity index (χ0n) is 15.8. The minimum absolute atomic E-state index is 0.191. The van der Waals surface area contributed by atoms with Crippen LogP contribution in [-0.4, -0.2) is 35.2 Å². The molecular weight excluding hydrogens is 342 g/mol. The number of amides is 1. The number of aromatic nitrogens is 1. The number of hydrogen-bond donors (Lipinski definition) is 1. The van der Waals surface area contributed by atoms with Crippen molar-refractivity contribution in [1.29, 1.82) is 0 Å². The topological polar surface area (TPSA) is 64.9 Å². The molecule has 0 radical (unpaired) electrons. The van der Waals surface area contributed by atoms with Gasteiger partial charge in [0.1, 0.15) is 0 Å². The van der Waals surface area contributed by atoms with Crippen LogP contribution in [0.2, 0.25) is 0 Å². The largest absolute Gasteiger partial charge is 0.348 e. The van der Waals surface area contributed by atoms with E-state index in [-0.39, 0.29) is 5.91 Å². The number of benzene rings is 1. The van der Waals surface area contributed by atoms with Crippen molar-refractivity contribution in [2.75, 3.05) is 13.2 Å². The molecule has 6 heteroatoms. The third-order valence-corrected chi connectivity index (χ3v) is 5.38. The molecule has 6 nitrogen and oxygen atoms in total. The minimum Gasteiger partial charge on any atom is -0.348 e. The van der Waals surface area contributed by atoms with E-state index in [0.717, 1.165) is 37.1 Å². The van der Waals surface area contributed by atoms with Gasteiger partial charge in [0.2, 0.25) is 0 Å². The number of hydrazone groups is 1. The molecule has 1 amide bonds. The van der Waals surface area contributed by atoms with Gasteiger partial charge in [-0.05, 0) is 63.1 Å². The fourth-order valence-electron chi connectivity index (χ4n) is 3.85. The number of carbonyl (C=O) groups is 1. The number of hydrogen-bond acceptors (Lipinski definition) is 4. The van der Waals surface area contributed by atoms with Gasteiger partial charge in [-0.2, -0.15) is 5.10 Å². The predicted molar refractivity (Wildman–Crippen MR) is 103 cm³/mol. The van der Waals surface area contributed by atoms with Crippen LogP contribution in [0.1, 0.15) is 47.4 Å². The van der Waals surface area contributed by atoms with Crippen molar-refractivity contribution in [1.82, 2.24) is 9.99 Å². The molecule has 1 N–H and O–H groups in total. The van der Waals surface area contributed by atoms with E-state index in [9.17, 15) is 4.79 Å². The average molecular weight is 367 g/mol. The number of carbonyl (C=O) groups excluding carboxylic acids is 1. The zero-order valence-corrected chi connectivity index (χ0v) is 15.8. The minimum atomic E-state index is -0.409. The van der Waals surface area contributed by atoms with Crippen LogP contribution in [0.15, 0.2) is 41.5 Å². The average Bonchev–Trinajstić information content (AvgIpc) is 3.28. The standard InChI is InChI=1S/C21H25N3O3/c1-15-3-4-16(2)24(15)19-7-5-17(6-8-19)20(25)23-22-18-9-11-21(12-10-18)26-13-14-27-21/h3-8H,9-14H2,1-2H3,(H,23,25). The van der Waals surface area contributed by atoms with Crippen molar-refractivity contribution in [2.24, 2.45) is 5.10 Å². The lowest BCUT2D eigenvalue weighted by Gasteiger charge is -2.31. The molecule has 1 aliphatic carbocycles. The maximum atomic E-state index is 12.4. The molecule has 0 atom stereocenters. The Bertz CT molecular complexity index is 830. The van der Waals surface area contributed by atoms with Crippen molar-refractivity contribution in [3.8, 4) is 5.69 Å². The second-order valence-electron chi connectivity index (χ2n) is 7.22. The zero-order chi connectivity index (χ0) is 18.9. The van der Waals surface area contributed by atoms with Crippen LogP contribution in [0.3, 0.4) is 0 Å². The molecule has 0 unspecified atom stereocenters. The van der Waals surface area contributed by atoms with Crippen molar-refractivity contribution in [2.45, 2.75) is 45.3 Å². The first-order chi connectivity index (χ1) is 13.1. The number of ether oxygens (including phenoxy) is 2. The Kier molecular flexibility index (Phi) is 4.85. The molecular formula is C21H25N3O3. The molecule has 1 aromatic carbocycles. The van der Waals surface area contributed by atoms with Gasteiger partial charge >= 0.3 is 0 Å². The van der Waals surface area contributed by atoms with Gasteiger partial charge in [-0.1, -0.05) is 0 Å². The lowest BCUT2D eigenvalue weighted by molar-refractivity contribution is -0.167. The van der Waals surface area contributed by atoms with Gasteiger partial charge in [-0.15, -0.1) is 0 Å². The second kappa shape index (κ2) is 7.29. The highest BCUT2D eigenvalue weighted by Gasteiger charge is 2.39. The van der Waals surface area contributed by atoms with E-state index in [4.69, 9.17) is 9.47 Å². The lowest BCUT2D eigenvalue weighted by Crippen LogP contribution is -2.36. The van der Waals surface area contributed by atoms with Gasteiger partial charge in [-0.3, -0.25) is 4.79 Å². The summed E-state index contributed by atoms with van der Waals surface area (Å²) in [5.41, 5.74) is 7.66. The van der Waals surface area contributed by atoms with E-state index in [1.54, 1.807) is 0 Å². The molecule has 2 aromatic rings. The third-order valence-electron chi connectivity index (χ3n) is 5.38. The normalized spacial score (nSPS) is 18.7. The first-order valence-electron chi connectivity index (χ1n) is 9.45. The van der Waals surface area contributed by atoms with Crippen LogP contribution in [0.4, 0.5) is 0 Å². The van der Waals surface area contributed by atoms with Gasteiger partial charge < -0.3 is 14.0 Å². The Balaban J connectivity index is 1.37. The molecule has 0 bridgehead atoms. The summed E-state index contributed by atoms with van der Waals surface area (Å²) >= 11 is 0. The van der Waals surface area contributed by atoms with Crippen LogP contribution in [0, 0.1) is 13.8 Å². The Labute approximate surface area is 159 Å². The molecule has 27 heavy (non-hydrogen) atoms. The number of aryl methyl sites for hydroxylation is 2. The molecule has 2 aliphatic rings. The monoisotopic (exact) mass is 367 g/mol. The maximum absolute atomic E-state index is 12.4. The van der Waals surface area contributed by atoms with Gasteiger partial charge in [0, 0.05) is 41.2 Å². The first kappa shape index (κ1) is 17.9. The molecule has 4 rings (SSSR count). The predicted octanol–water partition coefficient (Wildman–Crippen LogP) is 3.50. The summed E-state index contributed by atoms with van der Waals surface area (Å²) in [5.74, 6) is -0.600. The van der Waals surface area contributed by atoms with Gasteiger partial charge in [0.15, 0.2) is 5.79 Å². The summed E-state index contributed by atoms with van der Waals surface area (Å²) in [6, 6.07) is 11.8. The quantitative estimate of drug-likeness (QED) is 0.845. The van der Waals surface area contributed by atoms with Crippen molar-refractivity contribution in [3.05, 3.63) is 53.3 Å². The van der Waals surface area contributed by atoms with Crippen LogP contribution in [0.25, 0.3) is 5.69 Å². The van der Waals surface area contributed by atoms with Crippen molar-refractivity contribution < 1.29 is 14.3 Å². The van der Waals surface area contributed by atoms with Crippen LogP contribution < -0.4 is 5.43 Å². The van der Waals surface area contributed by atoms with E-state index in [1.807, 2.05) is 24.3 Å². The maximum Gasteiger partial charge on any atom is 0.271 e. The summed E-state index contributed by atoms with van der Waals surface area (Å²) in [6.07, 6.45) is 3.16. The molecule has 142 valence electrons. The van der Waals surface area contributed by atoms with Gasteiger partial charge in [0.05, 0.1) is 13.2 Å². The van der Waals surface area contributed by atoms with E-state index in [0.29, 0.717) is 18.8 Å². The molecule has 1 saturated carbocycles. The van der Waals surface area contributed by atoms with Crippen LogP contribution in [-0.2, 0) is 9.47 Å². The highest BCUT2D eigenvalue weighted by Crippen LogP contribution is 2.34. The first-order valence-corrected chi connectivity index (χ1v) is 9.45. The summed E-state index contributed by atoms with van der Waals surface area (Å²) < 4.78 is 13.6. The van der Waals surface area contributed by atoms with E-state index >= 15 is 0 Å². The smallest absolute Gasteiger partial charge is 0.271 e. The Hall–Kier alpha value is -2.44. The number of rotatable bonds is 3. The van der Waals surface area contributed by atoms with Crippen molar-refractivity contribution >= 4 is 11.6 Å². The highest BCUT2D eigenvalue weighted by atomic mass is 16.7. The Morgan fingerprint density at radius 1 is 1.00 bits per heavy atom. The number of nitrogens with zero attached hydrogens (tertiary/aromatic N) is 2. The summed E-state index contributed by atoms with van der Waals surface area (Å²) in [7, 11) is 0. The Morgan fingerprint density at radius 2 is 1.59 bits per heavy atom. The molecule has 2 fully saturated rings. The molecule has 1 saturated heterocycles. The van der Waals surface area contributed by atoms with Crippen LogP contribution >= 0.6 is 0 Å². The SMILES string of the molecule is Cc1ccc(C)n1-c1ccc(C(=O)NN=C2CCC3(CC2)OCCO3)cc1. The van der Waals surface area contributed by atoms with Gasteiger partial charge in [-0.25, -0.2) is 5.43 Å². The molecule has 1 spiro atoms. The molecule has 1 aromatic heterocycles. The van der Waals surface area contributed by atoms with E-state index in [2.05, 4.69) is 41.1 Å². The summed E-state index contributed by atoms with van der Waals surface area (Å²) in [5, 5.41) is 4.32. The fourth-order valence-corrected chi connectivity index (χ4v) is 3.85. The van der Waals surface area contributed by atoms with Crippen LogP contribution in [0.5, 0.6) is 0 Å². The molecule has 2 heterocycles.